The van der Waals surface area contributed by atoms with Gasteiger partial charge in [0, 0.05) is 55.9 Å². The van der Waals surface area contributed by atoms with Crippen LogP contribution >= 0.6 is 0 Å². The quantitative estimate of drug-likeness (QED) is 0.873. The number of anilines is 2. The Labute approximate surface area is 159 Å². The molecular formula is C21H26N4O2. The Morgan fingerprint density at radius 3 is 2.30 bits per heavy atom. The number of aromatic nitrogens is 1. The van der Waals surface area contributed by atoms with E-state index >= 15 is 0 Å². The molecule has 2 N–H and O–H groups in total. The predicted octanol–water partition coefficient (Wildman–Crippen LogP) is 2.69. The molecule has 4 rings (SSSR count). The molecule has 6 nitrogen and oxygen atoms in total. The van der Waals surface area contributed by atoms with Crippen LogP contribution in [0.25, 0.3) is 0 Å². The maximum absolute atomic E-state index is 12.2. The fraction of sp³-hybridized carbons (Fsp3) is 0.429. The van der Waals surface area contributed by atoms with E-state index in [0.29, 0.717) is 5.56 Å². The molecule has 1 saturated carbocycles. The van der Waals surface area contributed by atoms with Gasteiger partial charge in [0.2, 0.25) is 5.56 Å². The van der Waals surface area contributed by atoms with Crippen molar-refractivity contribution in [2.75, 3.05) is 36.4 Å². The monoisotopic (exact) mass is 366 g/mol. The van der Waals surface area contributed by atoms with Crippen LogP contribution in [0.2, 0.25) is 0 Å². The molecule has 0 atom stereocenters. The number of rotatable bonds is 4. The lowest BCUT2D eigenvalue weighted by molar-refractivity contribution is 0.102. The molecule has 1 aromatic carbocycles. The molecule has 0 unspecified atom stereocenters. The van der Waals surface area contributed by atoms with Crippen molar-refractivity contribution < 1.29 is 4.79 Å². The van der Waals surface area contributed by atoms with Crippen LogP contribution in [-0.2, 0) is 0 Å². The van der Waals surface area contributed by atoms with Gasteiger partial charge in [0.25, 0.3) is 5.91 Å². The highest BCUT2D eigenvalue weighted by Gasteiger charge is 2.26. The lowest BCUT2D eigenvalue weighted by Gasteiger charge is -2.39. The predicted molar refractivity (Wildman–Crippen MR) is 107 cm³/mol. The van der Waals surface area contributed by atoms with Crippen molar-refractivity contribution in [2.24, 2.45) is 0 Å². The number of carbonyl (C=O) groups excluding carboxylic acids is 1. The molecule has 1 aliphatic carbocycles. The second kappa shape index (κ2) is 7.96. The highest BCUT2D eigenvalue weighted by Crippen LogP contribution is 2.26. The van der Waals surface area contributed by atoms with Crippen LogP contribution in [0, 0.1) is 0 Å². The van der Waals surface area contributed by atoms with Gasteiger partial charge in [0.15, 0.2) is 0 Å². The van der Waals surface area contributed by atoms with Gasteiger partial charge in [-0.05, 0) is 43.2 Å². The Kier molecular flexibility index (Phi) is 5.25. The van der Waals surface area contributed by atoms with E-state index in [0.717, 1.165) is 37.9 Å². The average Bonchev–Trinajstić information content (AvgIpc) is 3.24. The third-order valence-corrected chi connectivity index (χ3v) is 5.69. The van der Waals surface area contributed by atoms with E-state index in [2.05, 4.69) is 32.2 Å². The number of carbonyl (C=O) groups is 1. The van der Waals surface area contributed by atoms with Crippen molar-refractivity contribution in [1.29, 1.82) is 0 Å². The number of hydrogen-bond acceptors (Lipinski definition) is 4. The topological polar surface area (TPSA) is 68.4 Å². The maximum Gasteiger partial charge on any atom is 0.257 e. The molecule has 2 heterocycles. The Morgan fingerprint density at radius 1 is 0.963 bits per heavy atom. The van der Waals surface area contributed by atoms with Crippen LogP contribution in [0.15, 0.2) is 47.4 Å². The van der Waals surface area contributed by atoms with Crippen LogP contribution in [0.4, 0.5) is 11.4 Å². The molecule has 1 aliphatic heterocycles. The molecular weight excluding hydrogens is 340 g/mol. The molecule has 1 aromatic heterocycles. The molecule has 0 bridgehead atoms. The van der Waals surface area contributed by atoms with Crippen LogP contribution in [0.5, 0.6) is 0 Å². The van der Waals surface area contributed by atoms with E-state index in [1.54, 1.807) is 0 Å². The van der Waals surface area contributed by atoms with E-state index < -0.39 is 0 Å². The largest absolute Gasteiger partial charge is 0.369 e. The zero-order valence-corrected chi connectivity index (χ0v) is 15.5. The number of H-pyrrole nitrogens is 1. The molecule has 6 heteroatoms. The first-order chi connectivity index (χ1) is 13.2. The number of nitrogens with one attached hydrogen (secondary N) is 2. The molecule has 2 aromatic rings. The molecule has 0 spiro atoms. The Balaban J connectivity index is 1.33. The minimum absolute atomic E-state index is 0.219. The highest BCUT2D eigenvalue weighted by atomic mass is 16.1. The van der Waals surface area contributed by atoms with E-state index in [4.69, 9.17) is 0 Å². The van der Waals surface area contributed by atoms with E-state index in [-0.39, 0.29) is 11.5 Å². The van der Waals surface area contributed by atoms with Crippen molar-refractivity contribution >= 4 is 17.3 Å². The standard InChI is InChI=1S/C21H26N4O2/c26-20-10-5-16(15-22-20)21(27)23-17-6-8-19(9-7-17)25-13-11-24(12-14-25)18-3-1-2-4-18/h5-10,15,18H,1-4,11-14H2,(H,22,26)(H,23,27). The van der Waals surface area contributed by atoms with Crippen molar-refractivity contribution in [3.63, 3.8) is 0 Å². The van der Waals surface area contributed by atoms with Gasteiger partial charge in [-0.25, -0.2) is 0 Å². The number of amides is 1. The second-order valence-electron chi connectivity index (χ2n) is 7.40. The van der Waals surface area contributed by atoms with Crippen molar-refractivity contribution in [3.05, 3.63) is 58.5 Å². The first kappa shape index (κ1) is 17.8. The molecule has 142 valence electrons. The third kappa shape index (κ3) is 4.22. The zero-order valence-electron chi connectivity index (χ0n) is 15.5. The third-order valence-electron chi connectivity index (χ3n) is 5.69. The summed E-state index contributed by atoms with van der Waals surface area (Å²) in [6.07, 6.45) is 6.93. The van der Waals surface area contributed by atoms with Gasteiger partial charge in [-0.15, -0.1) is 0 Å². The minimum Gasteiger partial charge on any atom is -0.369 e. The Morgan fingerprint density at radius 2 is 1.67 bits per heavy atom. The van der Waals surface area contributed by atoms with Gasteiger partial charge in [-0.3, -0.25) is 14.5 Å². The molecule has 0 radical (unpaired) electrons. The summed E-state index contributed by atoms with van der Waals surface area (Å²) in [6, 6.07) is 11.7. The van der Waals surface area contributed by atoms with Gasteiger partial charge in [0.1, 0.15) is 0 Å². The Hall–Kier alpha value is -2.60. The molecule has 27 heavy (non-hydrogen) atoms. The summed E-state index contributed by atoms with van der Waals surface area (Å²) in [5, 5.41) is 2.86. The molecule has 2 aliphatic rings. The first-order valence-corrected chi connectivity index (χ1v) is 9.78. The molecule has 1 saturated heterocycles. The SMILES string of the molecule is O=C(Nc1ccc(N2CCN(C3CCCC3)CC2)cc1)c1ccc(=O)[nH]c1. The van der Waals surface area contributed by atoms with Gasteiger partial charge in [-0.1, -0.05) is 12.8 Å². The number of pyridine rings is 1. The highest BCUT2D eigenvalue weighted by molar-refractivity contribution is 6.04. The summed E-state index contributed by atoms with van der Waals surface area (Å²) in [5.74, 6) is -0.232. The minimum atomic E-state index is -0.232. The van der Waals surface area contributed by atoms with Crippen LogP contribution in [-0.4, -0.2) is 48.0 Å². The van der Waals surface area contributed by atoms with Crippen LogP contribution < -0.4 is 15.8 Å². The van der Waals surface area contributed by atoms with E-state index in [1.165, 1.54) is 49.7 Å². The van der Waals surface area contributed by atoms with Crippen molar-refractivity contribution in [3.8, 4) is 0 Å². The van der Waals surface area contributed by atoms with Gasteiger partial charge < -0.3 is 15.2 Å². The van der Waals surface area contributed by atoms with Gasteiger partial charge in [0.05, 0.1) is 5.56 Å². The lowest BCUT2D eigenvalue weighted by atomic mass is 10.1. The van der Waals surface area contributed by atoms with E-state index in [1.807, 2.05) is 12.1 Å². The smallest absolute Gasteiger partial charge is 0.257 e. The van der Waals surface area contributed by atoms with Crippen LogP contribution in [0.3, 0.4) is 0 Å². The molecule has 2 fully saturated rings. The van der Waals surface area contributed by atoms with Crippen LogP contribution in [0.1, 0.15) is 36.0 Å². The van der Waals surface area contributed by atoms with Gasteiger partial charge >= 0.3 is 0 Å². The first-order valence-electron chi connectivity index (χ1n) is 9.78. The maximum atomic E-state index is 12.2. The second-order valence-corrected chi connectivity index (χ2v) is 7.40. The fourth-order valence-electron chi connectivity index (χ4n) is 4.13. The summed E-state index contributed by atoms with van der Waals surface area (Å²) in [7, 11) is 0. The number of nitrogens with zero attached hydrogens (tertiary/aromatic N) is 2. The summed E-state index contributed by atoms with van der Waals surface area (Å²) >= 11 is 0. The van der Waals surface area contributed by atoms with Crippen molar-refractivity contribution in [2.45, 2.75) is 31.7 Å². The normalized spacial score (nSPS) is 18.6. The lowest BCUT2D eigenvalue weighted by Crippen LogP contribution is -2.49. The number of aromatic amines is 1. The summed E-state index contributed by atoms with van der Waals surface area (Å²) in [4.78, 5) is 30.9. The number of benzene rings is 1. The number of piperazine rings is 1. The average molecular weight is 366 g/mol. The van der Waals surface area contributed by atoms with Gasteiger partial charge in [-0.2, -0.15) is 0 Å². The summed E-state index contributed by atoms with van der Waals surface area (Å²) in [6.45, 7) is 4.38. The fourth-order valence-corrected chi connectivity index (χ4v) is 4.13. The van der Waals surface area contributed by atoms with Crippen molar-refractivity contribution in [1.82, 2.24) is 9.88 Å². The summed E-state index contributed by atoms with van der Waals surface area (Å²) in [5.41, 5.74) is 2.16. The summed E-state index contributed by atoms with van der Waals surface area (Å²) < 4.78 is 0. The Bertz CT molecular complexity index is 812. The van der Waals surface area contributed by atoms with E-state index in [9.17, 15) is 9.59 Å². The number of hydrogen-bond donors (Lipinski definition) is 2. The molecule has 1 amide bonds. The zero-order chi connectivity index (χ0) is 18.6.